The molecule has 0 spiro atoms. The standard InChI is InChI=1S/C28H35FN4O5/c1-17-20(26(34)33-12-5-6-22(25(33)30-17)36-27(35)37-28(2,3)4)11-15-32-13-9-18(10-14-32)24-21-8-7-19(29)16-23(21)38-31-24/h7-8,16,18,22H,5-6,9-15H2,1-4H3. The van der Waals surface area contributed by atoms with Crippen LogP contribution in [0.4, 0.5) is 9.18 Å². The molecule has 1 unspecified atom stereocenters. The number of nitrogens with zero attached hydrogens (tertiary/aromatic N) is 4. The van der Waals surface area contributed by atoms with Crippen LogP contribution in [-0.2, 0) is 22.4 Å². The van der Waals surface area contributed by atoms with Crippen molar-refractivity contribution in [1.82, 2.24) is 19.6 Å². The number of piperidine rings is 1. The Hall–Kier alpha value is -3.27. The molecule has 38 heavy (non-hydrogen) atoms. The van der Waals surface area contributed by atoms with Gasteiger partial charge in [0.25, 0.3) is 5.56 Å². The third-order valence-electron chi connectivity index (χ3n) is 7.38. The summed E-state index contributed by atoms with van der Waals surface area (Å²) >= 11 is 0. The van der Waals surface area contributed by atoms with Crippen LogP contribution < -0.4 is 5.56 Å². The Morgan fingerprint density at radius 1 is 1.18 bits per heavy atom. The molecule has 1 saturated heterocycles. The molecule has 0 N–H and O–H groups in total. The summed E-state index contributed by atoms with van der Waals surface area (Å²) in [6.45, 7) is 10.3. The average Bonchev–Trinajstić information content (AvgIpc) is 3.26. The van der Waals surface area contributed by atoms with E-state index < -0.39 is 17.9 Å². The number of carbonyl (C=O) groups is 1. The number of benzene rings is 1. The predicted octanol–water partition coefficient (Wildman–Crippen LogP) is 5.04. The lowest BCUT2D eigenvalue weighted by Gasteiger charge is -2.31. The van der Waals surface area contributed by atoms with Crippen LogP contribution in [0.1, 0.15) is 81.3 Å². The van der Waals surface area contributed by atoms with E-state index in [4.69, 9.17) is 19.0 Å². The molecule has 0 aliphatic carbocycles. The van der Waals surface area contributed by atoms with Gasteiger partial charge in [0.15, 0.2) is 17.5 Å². The smallest absolute Gasteiger partial charge is 0.429 e. The molecule has 10 heteroatoms. The lowest BCUT2D eigenvalue weighted by atomic mass is 9.91. The molecule has 1 aromatic carbocycles. The van der Waals surface area contributed by atoms with E-state index in [1.54, 1.807) is 31.4 Å². The van der Waals surface area contributed by atoms with Crippen molar-refractivity contribution in [2.75, 3.05) is 19.6 Å². The molecule has 2 aliphatic rings. The van der Waals surface area contributed by atoms with Crippen LogP contribution in [0.3, 0.4) is 0 Å². The maximum Gasteiger partial charge on any atom is 0.509 e. The Kier molecular flexibility index (Phi) is 7.26. The molecule has 1 atom stereocenters. The number of hydrogen-bond donors (Lipinski definition) is 0. The topological polar surface area (TPSA) is 99.7 Å². The Morgan fingerprint density at radius 2 is 1.95 bits per heavy atom. The van der Waals surface area contributed by atoms with Crippen LogP contribution >= 0.6 is 0 Å². The Morgan fingerprint density at radius 3 is 2.68 bits per heavy atom. The lowest BCUT2D eigenvalue weighted by molar-refractivity contribution is -0.0349. The molecule has 2 aromatic heterocycles. The van der Waals surface area contributed by atoms with Crippen molar-refractivity contribution in [2.24, 2.45) is 0 Å². The highest BCUT2D eigenvalue weighted by molar-refractivity contribution is 5.79. The number of likely N-dealkylation sites (tertiary alicyclic amines) is 1. The van der Waals surface area contributed by atoms with Gasteiger partial charge in [0.2, 0.25) is 0 Å². The maximum atomic E-state index is 13.5. The minimum Gasteiger partial charge on any atom is -0.429 e. The minimum absolute atomic E-state index is 0.0545. The van der Waals surface area contributed by atoms with Gasteiger partial charge in [-0.1, -0.05) is 5.16 Å². The van der Waals surface area contributed by atoms with Crippen LogP contribution in [0.5, 0.6) is 0 Å². The second kappa shape index (κ2) is 10.5. The zero-order valence-electron chi connectivity index (χ0n) is 22.5. The lowest BCUT2D eigenvalue weighted by Crippen LogP contribution is -2.38. The summed E-state index contributed by atoms with van der Waals surface area (Å²) in [5.41, 5.74) is 2.06. The molecule has 0 radical (unpaired) electrons. The number of fused-ring (bicyclic) bond motifs is 2. The molecule has 204 valence electrons. The summed E-state index contributed by atoms with van der Waals surface area (Å²) in [7, 11) is 0. The molecule has 0 saturated carbocycles. The highest BCUT2D eigenvalue weighted by atomic mass is 19.1. The molecule has 4 heterocycles. The van der Waals surface area contributed by atoms with Gasteiger partial charge < -0.3 is 18.9 Å². The fourth-order valence-electron chi connectivity index (χ4n) is 5.46. The number of hydrogen-bond acceptors (Lipinski definition) is 8. The van der Waals surface area contributed by atoms with Gasteiger partial charge in [0.05, 0.1) is 5.69 Å². The van der Waals surface area contributed by atoms with E-state index in [9.17, 15) is 14.0 Å². The van der Waals surface area contributed by atoms with Gasteiger partial charge in [-0.25, -0.2) is 14.2 Å². The van der Waals surface area contributed by atoms with Crippen molar-refractivity contribution in [2.45, 2.75) is 84.0 Å². The van der Waals surface area contributed by atoms with Crippen molar-refractivity contribution < 1.29 is 23.2 Å². The molecular formula is C28H35FN4O5. The SMILES string of the molecule is Cc1nc2n(c(=O)c1CCN1CCC(c3noc4cc(F)ccc34)CC1)CCCC2OC(=O)OC(C)(C)C. The summed E-state index contributed by atoms with van der Waals surface area (Å²) < 4.78 is 31.3. The first-order valence-electron chi connectivity index (χ1n) is 13.4. The van der Waals surface area contributed by atoms with Gasteiger partial charge in [-0.15, -0.1) is 0 Å². The van der Waals surface area contributed by atoms with Crippen LogP contribution in [0, 0.1) is 12.7 Å². The van der Waals surface area contributed by atoms with Crippen LogP contribution in [0.2, 0.25) is 0 Å². The monoisotopic (exact) mass is 526 g/mol. The maximum absolute atomic E-state index is 13.5. The number of halogens is 1. The van der Waals surface area contributed by atoms with E-state index in [0.29, 0.717) is 42.1 Å². The summed E-state index contributed by atoms with van der Waals surface area (Å²) in [6, 6.07) is 4.56. The third kappa shape index (κ3) is 5.60. The first-order valence-corrected chi connectivity index (χ1v) is 13.4. The molecule has 2 aliphatic heterocycles. The van der Waals surface area contributed by atoms with E-state index in [-0.39, 0.29) is 17.3 Å². The Labute approximate surface area is 220 Å². The van der Waals surface area contributed by atoms with Crippen molar-refractivity contribution >= 4 is 17.1 Å². The fraction of sp³-hybridized carbons (Fsp3) is 0.571. The van der Waals surface area contributed by atoms with E-state index >= 15 is 0 Å². The number of aromatic nitrogens is 3. The van der Waals surface area contributed by atoms with Crippen LogP contribution in [0.25, 0.3) is 11.0 Å². The first-order chi connectivity index (χ1) is 18.1. The quantitative estimate of drug-likeness (QED) is 0.427. The molecule has 3 aromatic rings. The highest BCUT2D eigenvalue weighted by Crippen LogP contribution is 2.33. The number of rotatable bonds is 5. The summed E-state index contributed by atoms with van der Waals surface area (Å²) in [6.07, 6.45) is 2.43. The molecule has 9 nitrogen and oxygen atoms in total. The molecule has 1 fully saturated rings. The third-order valence-corrected chi connectivity index (χ3v) is 7.38. The van der Waals surface area contributed by atoms with Gasteiger partial charge in [-0.3, -0.25) is 9.36 Å². The van der Waals surface area contributed by atoms with Crippen LogP contribution in [-0.4, -0.2) is 51.0 Å². The van der Waals surface area contributed by atoms with Gasteiger partial charge >= 0.3 is 6.16 Å². The van der Waals surface area contributed by atoms with E-state index in [0.717, 1.165) is 50.0 Å². The van der Waals surface area contributed by atoms with Crippen molar-refractivity contribution in [3.8, 4) is 0 Å². The second-order valence-corrected chi connectivity index (χ2v) is 11.3. The largest absolute Gasteiger partial charge is 0.509 e. The normalized spacial score (nSPS) is 18.9. The van der Waals surface area contributed by atoms with Gasteiger partial charge in [-0.2, -0.15) is 0 Å². The Bertz CT molecular complexity index is 1380. The zero-order chi connectivity index (χ0) is 27.0. The minimum atomic E-state index is -0.749. The predicted molar refractivity (Wildman–Crippen MR) is 139 cm³/mol. The molecule has 0 bridgehead atoms. The number of aryl methyl sites for hydroxylation is 1. The highest BCUT2D eigenvalue weighted by Gasteiger charge is 2.30. The number of ether oxygens (including phenoxy) is 2. The zero-order valence-corrected chi connectivity index (χ0v) is 22.5. The van der Waals surface area contributed by atoms with Crippen molar-refractivity contribution in [1.29, 1.82) is 0 Å². The van der Waals surface area contributed by atoms with Gasteiger partial charge in [0, 0.05) is 41.7 Å². The molecule has 5 rings (SSSR count). The Balaban J connectivity index is 1.22. The summed E-state index contributed by atoms with van der Waals surface area (Å²) in [5, 5.41) is 5.11. The van der Waals surface area contributed by atoms with Gasteiger partial charge in [-0.05, 0) is 85.0 Å². The van der Waals surface area contributed by atoms with E-state index in [1.165, 1.54) is 12.1 Å². The van der Waals surface area contributed by atoms with Crippen molar-refractivity contribution in [3.63, 3.8) is 0 Å². The number of carbonyl (C=O) groups excluding carboxylic acids is 1. The van der Waals surface area contributed by atoms with E-state index in [1.807, 2.05) is 6.92 Å². The molecule has 0 amide bonds. The van der Waals surface area contributed by atoms with Gasteiger partial charge in [0.1, 0.15) is 11.4 Å². The molecular weight excluding hydrogens is 491 g/mol. The van der Waals surface area contributed by atoms with Crippen LogP contribution in [0.15, 0.2) is 27.5 Å². The average molecular weight is 527 g/mol. The second-order valence-electron chi connectivity index (χ2n) is 11.3. The van der Waals surface area contributed by atoms with Crippen molar-refractivity contribution in [3.05, 3.63) is 57.1 Å². The summed E-state index contributed by atoms with van der Waals surface area (Å²) in [4.78, 5) is 32.7. The summed E-state index contributed by atoms with van der Waals surface area (Å²) in [5.74, 6) is 0.426. The van der Waals surface area contributed by atoms with E-state index in [2.05, 4.69) is 10.1 Å². The fourth-order valence-corrected chi connectivity index (χ4v) is 5.46. The first kappa shape index (κ1) is 26.3.